The fourth-order valence-electron chi connectivity index (χ4n) is 5.94. The number of para-hydroxylation sites is 2. The number of anilines is 1. The van der Waals surface area contributed by atoms with Crippen molar-refractivity contribution in [1.29, 1.82) is 0 Å². The summed E-state index contributed by atoms with van der Waals surface area (Å²) in [5, 5.41) is 3.77. The Morgan fingerprint density at radius 2 is 1.64 bits per heavy atom. The molecule has 1 fully saturated rings. The van der Waals surface area contributed by atoms with Crippen LogP contribution in [0.25, 0.3) is 11.0 Å². The van der Waals surface area contributed by atoms with Gasteiger partial charge in [-0.3, -0.25) is 4.79 Å². The van der Waals surface area contributed by atoms with Crippen LogP contribution in [-0.2, 0) is 11.3 Å². The Bertz CT molecular complexity index is 1380. The number of benzene rings is 3. The quantitative estimate of drug-likeness (QED) is 0.182. The molecule has 1 atom stereocenters. The molecule has 0 saturated carbocycles. The number of hydrogen-bond acceptors (Lipinski definition) is 5. The van der Waals surface area contributed by atoms with E-state index in [4.69, 9.17) is 9.72 Å². The zero-order valence-corrected chi connectivity index (χ0v) is 25.1. The van der Waals surface area contributed by atoms with Crippen molar-refractivity contribution in [3.63, 3.8) is 0 Å². The molecule has 1 aliphatic rings. The highest BCUT2D eigenvalue weighted by Crippen LogP contribution is 2.25. The summed E-state index contributed by atoms with van der Waals surface area (Å²) in [6.45, 7) is 8.24. The van der Waals surface area contributed by atoms with Gasteiger partial charge in [0.15, 0.2) is 0 Å². The summed E-state index contributed by atoms with van der Waals surface area (Å²) in [6, 6.07) is 29.0. The standard InChI is InChI=1S/C35H45N5O2/c1-3-25-42-26-24-40-33-17-11-10-16-32(33)37-35(40)36-31-19-22-39(23-20-31)21-18-30(28-12-6-4-7-13-28)27-38(2)34(41)29-14-8-5-9-15-29/h4-17,30-31H,3,18-27H2,1-2H3,(H,36,37). The van der Waals surface area contributed by atoms with Crippen LogP contribution >= 0.6 is 0 Å². The molecule has 4 aromatic rings. The summed E-state index contributed by atoms with van der Waals surface area (Å²) in [7, 11) is 1.92. The fraction of sp³-hybridized carbons (Fsp3) is 0.429. The lowest BCUT2D eigenvalue weighted by Crippen LogP contribution is -2.40. The normalized spacial score (nSPS) is 15.1. The number of fused-ring (bicyclic) bond motifs is 1. The number of carbonyl (C=O) groups is 1. The number of aromatic nitrogens is 2. The van der Waals surface area contributed by atoms with Gasteiger partial charge in [0.1, 0.15) is 0 Å². The van der Waals surface area contributed by atoms with E-state index in [1.165, 1.54) is 5.56 Å². The lowest BCUT2D eigenvalue weighted by atomic mass is 9.94. The van der Waals surface area contributed by atoms with Crippen molar-refractivity contribution in [2.75, 3.05) is 51.8 Å². The van der Waals surface area contributed by atoms with Gasteiger partial charge in [-0.15, -0.1) is 0 Å². The molecule has 2 heterocycles. The molecule has 1 saturated heterocycles. The van der Waals surface area contributed by atoms with E-state index in [1.807, 2.05) is 48.3 Å². The third kappa shape index (κ3) is 7.78. The van der Waals surface area contributed by atoms with Crippen molar-refractivity contribution in [1.82, 2.24) is 19.4 Å². The first-order valence-electron chi connectivity index (χ1n) is 15.5. The number of nitrogens with one attached hydrogen (secondary N) is 1. The SMILES string of the molecule is CCCOCCn1c(NC2CCN(CCC(CN(C)C(=O)c3ccccc3)c3ccccc3)CC2)nc2ccccc21. The molecule has 1 unspecified atom stereocenters. The summed E-state index contributed by atoms with van der Waals surface area (Å²) >= 11 is 0. The molecule has 1 aromatic heterocycles. The number of hydrogen-bond donors (Lipinski definition) is 1. The molecule has 42 heavy (non-hydrogen) atoms. The average molecular weight is 568 g/mol. The summed E-state index contributed by atoms with van der Waals surface area (Å²) < 4.78 is 8.07. The monoisotopic (exact) mass is 567 g/mol. The predicted molar refractivity (Wildman–Crippen MR) is 171 cm³/mol. The largest absolute Gasteiger partial charge is 0.380 e. The number of rotatable bonds is 14. The highest BCUT2D eigenvalue weighted by molar-refractivity contribution is 5.94. The zero-order chi connectivity index (χ0) is 29.1. The second kappa shape index (κ2) is 15.0. The summed E-state index contributed by atoms with van der Waals surface area (Å²) in [6.07, 6.45) is 4.21. The molecular weight excluding hydrogens is 522 g/mol. The van der Waals surface area contributed by atoms with E-state index in [2.05, 4.69) is 70.2 Å². The van der Waals surface area contributed by atoms with Gasteiger partial charge in [0.05, 0.1) is 17.6 Å². The first kappa shape index (κ1) is 29.8. The Hall–Kier alpha value is -3.68. The maximum absolute atomic E-state index is 13.1. The van der Waals surface area contributed by atoms with Gasteiger partial charge in [0.2, 0.25) is 5.95 Å². The molecule has 1 aliphatic heterocycles. The number of amides is 1. The third-order valence-electron chi connectivity index (χ3n) is 8.31. The molecule has 0 aliphatic carbocycles. The lowest BCUT2D eigenvalue weighted by molar-refractivity contribution is 0.0782. The van der Waals surface area contributed by atoms with Crippen LogP contribution in [0.5, 0.6) is 0 Å². The number of imidazole rings is 1. The summed E-state index contributed by atoms with van der Waals surface area (Å²) in [5.41, 5.74) is 4.21. The third-order valence-corrected chi connectivity index (χ3v) is 8.31. The Balaban J connectivity index is 1.16. The van der Waals surface area contributed by atoms with Crippen LogP contribution in [0.15, 0.2) is 84.9 Å². The van der Waals surface area contributed by atoms with Crippen molar-refractivity contribution in [2.24, 2.45) is 0 Å². The lowest BCUT2D eigenvalue weighted by Gasteiger charge is -2.34. The smallest absolute Gasteiger partial charge is 0.253 e. The van der Waals surface area contributed by atoms with Crippen LogP contribution in [-0.4, -0.2) is 77.7 Å². The van der Waals surface area contributed by atoms with Crippen LogP contribution in [0, 0.1) is 0 Å². The second-order valence-electron chi connectivity index (χ2n) is 11.4. The maximum Gasteiger partial charge on any atom is 0.253 e. The van der Waals surface area contributed by atoms with E-state index < -0.39 is 0 Å². The highest BCUT2D eigenvalue weighted by Gasteiger charge is 2.24. The predicted octanol–water partition coefficient (Wildman–Crippen LogP) is 6.29. The van der Waals surface area contributed by atoms with Gasteiger partial charge in [-0.05, 0) is 62.1 Å². The van der Waals surface area contributed by atoms with Crippen LogP contribution < -0.4 is 5.32 Å². The average Bonchev–Trinajstić information content (AvgIpc) is 3.39. The van der Waals surface area contributed by atoms with E-state index in [0.29, 0.717) is 19.2 Å². The number of nitrogens with zero attached hydrogens (tertiary/aromatic N) is 4. The highest BCUT2D eigenvalue weighted by atomic mass is 16.5. The van der Waals surface area contributed by atoms with Gasteiger partial charge in [0, 0.05) is 57.4 Å². The minimum Gasteiger partial charge on any atom is -0.380 e. The Morgan fingerprint density at radius 3 is 2.38 bits per heavy atom. The number of ether oxygens (including phenoxy) is 1. The maximum atomic E-state index is 13.1. The van der Waals surface area contributed by atoms with Crippen molar-refractivity contribution in [3.05, 3.63) is 96.1 Å². The second-order valence-corrected chi connectivity index (χ2v) is 11.4. The van der Waals surface area contributed by atoms with Crippen molar-refractivity contribution in [2.45, 2.75) is 51.1 Å². The number of carbonyl (C=O) groups excluding carboxylic acids is 1. The van der Waals surface area contributed by atoms with Gasteiger partial charge in [-0.25, -0.2) is 4.98 Å². The Labute approximate surface area is 250 Å². The van der Waals surface area contributed by atoms with E-state index in [9.17, 15) is 4.79 Å². The van der Waals surface area contributed by atoms with E-state index in [1.54, 1.807) is 0 Å². The van der Waals surface area contributed by atoms with E-state index >= 15 is 0 Å². The van der Waals surface area contributed by atoms with E-state index in [-0.39, 0.29) is 11.8 Å². The molecule has 0 radical (unpaired) electrons. The van der Waals surface area contributed by atoms with Gasteiger partial charge >= 0.3 is 0 Å². The van der Waals surface area contributed by atoms with Crippen LogP contribution in [0.1, 0.15) is 54.4 Å². The van der Waals surface area contributed by atoms with Crippen LogP contribution in [0.2, 0.25) is 0 Å². The summed E-state index contributed by atoms with van der Waals surface area (Å²) in [4.78, 5) is 22.5. The summed E-state index contributed by atoms with van der Waals surface area (Å²) in [5.74, 6) is 1.31. The minimum absolute atomic E-state index is 0.0753. The number of likely N-dealkylation sites (N-methyl/N-ethyl adjacent to an activating group) is 1. The molecule has 0 spiro atoms. The zero-order valence-electron chi connectivity index (χ0n) is 25.1. The molecule has 7 nitrogen and oxygen atoms in total. The first-order chi connectivity index (χ1) is 20.6. The molecule has 1 N–H and O–H groups in total. The van der Waals surface area contributed by atoms with Gasteiger partial charge in [0.25, 0.3) is 5.91 Å². The number of piperidine rings is 1. The minimum atomic E-state index is 0.0753. The van der Waals surface area contributed by atoms with Crippen LogP contribution in [0.4, 0.5) is 5.95 Å². The van der Waals surface area contributed by atoms with Crippen molar-refractivity contribution in [3.8, 4) is 0 Å². The molecule has 0 bridgehead atoms. The molecule has 222 valence electrons. The topological polar surface area (TPSA) is 62.6 Å². The number of likely N-dealkylation sites (tertiary alicyclic amines) is 1. The Morgan fingerprint density at radius 1 is 0.952 bits per heavy atom. The van der Waals surface area contributed by atoms with Gasteiger partial charge in [-0.1, -0.05) is 67.6 Å². The van der Waals surface area contributed by atoms with Gasteiger partial charge in [-0.2, -0.15) is 0 Å². The Kier molecular flexibility index (Phi) is 10.6. The fourth-order valence-corrected chi connectivity index (χ4v) is 5.94. The molecule has 7 heteroatoms. The van der Waals surface area contributed by atoms with E-state index in [0.717, 1.165) is 81.0 Å². The van der Waals surface area contributed by atoms with Crippen molar-refractivity contribution >= 4 is 22.9 Å². The van der Waals surface area contributed by atoms with Gasteiger partial charge < -0.3 is 24.4 Å². The van der Waals surface area contributed by atoms with Crippen LogP contribution in [0.3, 0.4) is 0 Å². The first-order valence-corrected chi connectivity index (χ1v) is 15.5. The molecule has 1 amide bonds. The molecular formula is C35H45N5O2. The molecule has 5 rings (SSSR count). The van der Waals surface area contributed by atoms with Crippen molar-refractivity contribution < 1.29 is 9.53 Å². The molecule has 3 aromatic carbocycles.